The molecule has 2 amide bonds. The van der Waals surface area contributed by atoms with E-state index in [0.717, 1.165) is 17.0 Å². The summed E-state index contributed by atoms with van der Waals surface area (Å²) in [6.07, 6.45) is 0.552. The third kappa shape index (κ3) is 4.77. The second kappa shape index (κ2) is 8.40. The molecule has 6 nitrogen and oxygen atoms in total. The lowest BCUT2D eigenvalue weighted by atomic mass is 10.1. The molecule has 0 aliphatic rings. The fourth-order valence-corrected chi connectivity index (χ4v) is 2.58. The summed E-state index contributed by atoms with van der Waals surface area (Å²) in [5, 5.41) is 10.1. The van der Waals surface area contributed by atoms with Crippen molar-refractivity contribution in [1.29, 1.82) is 0 Å². The number of nitrogens with one attached hydrogen (secondary N) is 2. The molecule has 2 aromatic carbocycles. The third-order valence-corrected chi connectivity index (χ3v) is 3.90. The van der Waals surface area contributed by atoms with E-state index in [2.05, 4.69) is 15.8 Å². The van der Waals surface area contributed by atoms with Crippen LogP contribution in [0.25, 0.3) is 11.3 Å². The molecule has 3 rings (SSSR count). The number of hydrogen-bond acceptors (Lipinski definition) is 4. The van der Waals surface area contributed by atoms with Gasteiger partial charge in [-0.2, -0.15) is 0 Å². The Balaban J connectivity index is 1.51. The van der Waals surface area contributed by atoms with Crippen LogP contribution < -0.4 is 15.4 Å². The predicted octanol–water partition coefficient (Wildman–Crippen LogP) is 4.37. The van der Waals surface area contributed by atoms with Gasteiger partial charge in [0.1, 0.15) is 5.75 Å². The van der Waals surface area contributed by atoms with Crippen molar-refractivity contribution in [1.82, 2.24) is 10.5 Å². The maximum atomic E-state index is 11.9. The van der Waals surface area contributed by atoms with Gasteiger partial charge in [-0.1, -0.05) is 35.0 Å². The lowest BCUT2D eigenvalue weighted by Gasteiger charge is -2.06. The quantitative estimate of drug-likeness (QED) is 0.674. The highest BCUT2D eigenvalue weighted by Crippen LogP contribution is 2.24. The summed E-state index contributed by atoms with van der Waals surface area (Å²) in [6, 6.07) is 16.1. The van der Waals surface area contributed by atoms with Gasteiger partial charge < -0.3 is 19.9 Å². The van der Waals surface area contributed by atoms with Gasteiger partial charge >= 0.3 is 6.03 Å². The summed E-state index contributed by atoms with van der Waals surface area (Å²) in [7, 11) is 1.62. The van der Waals surface area contributed by atoms with Crippen LogP contribution in [0.15, 0.2) is 59.1 Å². The van der Waals surface area contributed by atoms with Crippen LogP contribution in [-0.2, 0) is 6.42 Å². The van der Waals surface area contributed by atoms with Crippen LogP contribution >= 0.6 is 11.6 Å². The van der Waals surface area contributed by atoms with Crippen LogP contribution in [0, 0.1) is 0 Å². The normalized spacial score (nSPS) is 10.4. The van der Waals surface area contributed by atoms with Crippen molar-refractivity contribution in [3.8, 4) is 17.1 Å². The van der Waals surface area contributed by atoms with Gasteiger partial charge in [0, 0.05) is 35.3 Å². The van der Waals surface area contributed by atoms with Crippen LogP contribution in [0.5, 0.6) is 5.75 Å². The number of rotatable bonds is 6. The smallest absolute Gasteiger partial charge is 0.319 e. The molecule has 0 aliphatic carbocycles. The Labute approximate surface area is 156 Å². The standard InChI is InChI=1S/C19H18ClN3O3/c1-25-17-7-2-4-13(10-17)18-12-16(23-26-18)8-9-21-19(24)22-15-6-3-5-14(20)11-15/h2-7,10-12H,8-9H2,1H3,(H2,21,22,24). The Morgan fingerprint density at radius 2 is 2.04 bits per heavy atom. The third-order valence-electron chi connectivity index (χ3n) is 3.66. The Hall–Kier alpha value is -2.99. The first-order chi connectivity index (χ1) is 12.6. The van der Waals surface area contributed by atoms with Crippen LogP contribution in [0.1, 0.15) is 5.69 Å². The first-order valence-corrected chi connectivity index (χ1v) is 8.42. The minimum Gasteiger partial charge on any atom is -0.497 e. The van der Waals surface area contributed by atoms with Crippen molar-refractivity contribution in [2.24, 2.45) is 0 Å². The molecule has 0 atom stereocenters. The van der Waals surface area contributed by atoms with Crippen LogP contribution in [0.2, 0.25) is 5.02 Å². The van der Waals surface area contributed by atoms with Crippen LogP contribution in [0.3, 0.4) is 0 Å². The number of methoxy groups -OCH3 is 1. The molecule has 7 heteroatoms. The minimum atomic E-state index is -0.302. The summed E-state index contributed by atoms with van der Waals surface area (Å²) < 4.78 is 10.6. The highest BCUT2D eigenvalue weighted by molar-refractivity contribution is 6.30. The van der Waals surface area contributed by atoms with Crippen molar-refractivity contribution < 1.29 is 14.1 Å². The molecule has 1 aromatic heterocycles. The number of carbonyl (C=O) groups excluding carboxylic acids is 1. The number of nitrogens with zero attached hydrogens (tertiary/aromatic N) is 1. The first-order valence-electron chi connectivity index (χ1n) is 8.04. The molecular formula is C19H18ClN3O3. The Morgan fingerprint density at radius 3 is 2.85 bits per heavy atom. The monoisotopic (exact) mass is 371 g/mol. The number of carbonyl (C=O) groups is 1. The van der Waals surface area contributed by atoms with E-state index in [-0.39, 0.29) is 6.03 Å². The number of urea groups is 1. The van der Waals surface area contributed by atoms with Gasteiger partial charge in [-0.25, -0.2) is 4.79 Å². The molecule has 0 saturated carbocycles. The van der Waals surface area contributed by atoms with E-state index in [4.69, 9.17) is 20.9 Å². The van der Waals surface area contributed by atoms with Crippen molar-refractivity contribution in [2.45, 2.75) is 6.42 Å². The van der Waals surface area contributed by atoms with Crippen LogP contribution in [-0.4, -0.2) is 24.8 Å². The zero-order valence-corrected chi connectivity index (χ0v) is 14.9. The van der Waals surface area contributed by atoms with Gasteiger partial charge in [0.25, 0.3) is 0 Å². The SMILES string of the molecule is COc1cccc(-c2cc(CCNC(=O)Nc3cccc(Cl)c3)no2)c1. The van der Waals surface area contributed by atoms with E-state index in [1.54, 1.807) is 31.4 Å². The Morgan fingerprint density at radius 1 is 1.19 bits per heavy atom. The number of benzene rings is 2. The topological polar surface area (TPSA) is 76.4 Å². The van der Waals surface area contributed by atoms with Crippen molar-refractivity contribution in [2.75, 3.05) is 19.0 Å². The zero-order chi connectivity index (χ0) is 18.4. The lowest BCUT2D eigenvalue weighted by Crippen LogP contribution is -2.30. The molecular weight excluding hydrogens is 354 g/mol. The molecule has 26 heavy (non-hydrogen) atoms. The summed E-state index contributed by atoms with van der Waals surface area (Å²) in [5.74, 6) is 1.40. The van der Waals surface area contributed by atoms with E-state index in [1.165, 1.54) is 0 Å². The fourth-order valence-electron chi connectivity index (χ4n) is 2.39. The van der Waals surface area contributed by atoms with Gasteiger partial charge in [0.05, 0.1) is 12.8 Å². The molecule has 0 saturated heterocycles. The Kier molecular flexibility index (Phi) is 5.76. The number of amides is 2. The van der Waals surface area contributed by atoms with Crippen molar-refractivity contribution in [3.05, 3.63) is 65.3 Å². The Bertz CT molecular complexity index is 895. The van der Waals surface area contributed by atoms with Crippen molar-refractivity contribution >= 4 is 23.3 Å². The second-order valence-corrected chi connectivity index (χ2v) is 5.99. The molecule has 1 heterocycles. The van der Waals surface area contributed by atoms with Crippen molar-refractivity contribution in [3.63, 3.8) is 0 Å². The zero-order valence-electron chi connectivity index (χ0n) is 14.2. The molecule has 0 unspecified atom stereocenters. The van der Waals surface area contributed by atoms with Crippen LogP contribution in [0.4, 0.5) is 10.5 Å². The number of aromatic nitrogens is 1. The first kappa shape index (κ1) is 17.8. The van der Waals surface area contributed by atoms with E-state index in [0.29, 0.717) is 29.4 Å². The molecule has 0 aliphatic heterocycles. The number of ether oxygens (including phenoxy) is 1. The fraction of sp³-hybridized carbons (Fsp3) is 0.158. The lowest BCUT2D eigenvalue weighted by molar-refractivity contribution is 0.252. The molecule has 2 N–H and O–H groups in total. The van der Waals surface area contributed by atoms with E-state index < -0.39 is 0 Å². The molecule has 0 spiro atoms. The molecule has 3 aromatic rings. The number of halogens is 1. The van der Waals surface area contributed by atoms with E-state index in [1.807, 2.05) is 30.3 Å². The number of hydrogen-bond donors (Lipinski definition) is 2. The molecule has 0 bridgehead atoms. The average Bonchev–Trinajstić information content (AvgIpc) is 3.11. The average molecular weight is 372 g/mol. The summed E-state index contributed by atoms with van der Waals surface area (Å²) in [4.78, 5) is 11.9. The highest BCUT2D eigenvalue weighted by atomic mass is 35.5. The van der Waals surface area contributed by atoms with E-state index in [9.17, 15) is 4.79 Å². The minimum absolute atomic E-state index is 0.302. The maximum Gasteiger partial charge on any atom is 0.319 e. The predicted molar refractivity (Wildman–Crippen MR) is 101 cm³/mol. The van der Waals surface area contributed by atoms with Gasteiger partial charge in [0.2, 0.25) is 0 Å². The molecule has 134 valence electrons. The van der Waals surface area contributed by atoms with Gasteiger partial charge in [-0.05, 0) is 30.3 Å². The van der Waals surface area contributed by atoms with Gasteiger partial charge in [0.15, 0.2) is 5.76 Å². The number of anilines is 1. The van der Waals surface area contributed by atoms with E-state index >= 15 is 0 Å². The summed E-state index contributed by atoms with van der Waals surface area (Å²) >= 11 is 5.89. The molecule has 0 fully saturated rings. The second-order valence-electron chi connectivity index (χ2n) is 5.56. The van der Waals surface area contributed by atoms with Gasteiger partial charge in [-0.3, -0.25) is 0 Å². The largest absolute Gasteiger partial charge is 0.497 e. The maximum absolute atomic E-state index is 11.9. The summed E-state index contributed by atoms with van der Waals surface area (Å²) in [6.45, 7) is 0.427. The summed E-state index contributed by atoms with van der Waals surface area (Å²) in [5.41, 5.74) is 2.28. The van der Waals surface area contributed by atoms with Gasteiger partial charge in [-0.15, -0.1) is 0 Å². The molecule has 0 radical (unpaired) electrons. The highest BCUT2D eigenvalue weighted by Gasteiger charge is 2.08.